The standard InChI is InChI=1S/C18H22N2O5S/c1-3-14(12-21)18(15-10-8-13(2)9-11-15)19-26(24,25)17-7-5-4-6-16(17)20(22)23/h4-11,14,18-19,21H,3,12H2,1-2H3/t14-,18-/m0/s1. The van der Waals surface area contributed by atoms with E-state index in [1.807, 2.05) is 26.0 Å². The molecule has 0 radical (unpaired) electrons. The summed E-state index contributed by atoms with van der Waals surface area (Å²) in [6.45, 7) is 3.55. The maximum absolute atomic E-state index is 12.8. The molecule has 0 aromatic heterocycles. The number of nitro benzene ring substituents is 1. The molecule has 0 fully saturated rings. The Morgan fingerprint density at radius 3 is 2.31 bits per heavy atom. The van der Waals surface area contributed by atoms with Crippen molar-refractivity contribution >= 4 is 15.7 Å². The van der Waals surface area contributed by atoms with Gasteiger partial charge in [0.15, 0.2) is 4.90 Å². The molecule has 26 heavy (non-hydrogen) atoms. The molecule has 0 unspecified atom stereocenters. The first-order valence-corrected chi connectivity index (χ1v) is 9.71. The highest BCUT2D eigenvalue weighted by Crippen LogP contribution is 2.29. The van der Waals surface area contributed by atoms with E-state index in [9.17, 15) is 23.6 Å². The Hall–Kier alpha value is -2.29. The molecule has 0 amide bonds. The molecule has 0 heterocycles. The maximum Gasteiger partial charge on any atom is 0.289 e. The van der Waals surface area contributed by atoms with E-state index in [0.717, 1.165) is 11.6 Å². The minimum absolute atomic E-state index is 0.214. The molecule has 7 nitrogen and oxygen atoms in total. The largest absolute Gasteiger partial charge is 0.396 e. The number of sulfonamides is 1. The molecule has 0 saturated carbocycles. The molecule has 0 aliphatic carbocycles. The molecule has 0 aliphatic rings. The second-order valence-electron chi connectivity index (χ2n) is 6.09. The quantitative estimate of drug-likeness (QED) is 0.542. The Morgan fingerprint density at radius 2 is 1.77 bits per heavy atom. The van der Waals surface area contributed by atoms with Gasteiger partial charge >= 0.3 is 0 Å². The van der Waals surface area contributed by atoms with Crippen LogP contribution in [0.5, 0.6) is 0 Å². The fourth-order valence-electron chi connectivity index (χ4n) is 2.75. The van der Waals surface area contributed by atoms with E-state index in [1.165, 1.54) is 18.2 Å². The van der Waals surface area contributed by atoms with E-state index >= 15 is 0 Å². The van der Waals surface area contributed by atoms with Gasteiger partial charge in [-0.15, -0.1) is 0 Å². The summed E-state index contributed by atoms with van der Waals surface area (Å²) in [7, 11) is -4.16. The van der Waals surface area contributed by atoms with Gasteiger partial charge in [-0.05, 0) is 25.0 Å². The smallest absolute Gasteiger partial charge is 0.289 e. The molecule has 2 aromatic rings. The fraction of sp³-hybridized carbons (Fsp3) is 0.333. The maximum atomic E-state index is 12.8. The summed E-state index contributed by atoms with van der Waals surface area (Å²) in [4.78, 5) is 10.1. The topological polar surface area (TPSA) is 110 Å². The first kappa shape index (κ1) is 20.0. The Balaban J connectivity index is 2.47. The van der Waals surface area contributed by atoms with Crippen molar-refractivity contribution in [2.45, 2.75) is 31.2 Å². The second-order valence-corrected chi connectivity index (χ2v) is 7.77. The third-order valence-electron chi connectivity index (χ3n) is 4.30. The lowest BCUT2D eigenvalue weighted by atomic mass is 9.92. The van der Waals surface area contributed by atoms with E-state index in [1.54, 1.807) is 12.1 Å². The Morgan fingerprint density at radius 1 is 1.15 bits per heavy atom. The van der Waals surface area contributed by atoms with Crippen LogP contribution in [-0.4, -0.2) is 25.1 Å². The number of nitrogens with zero attached hydrogens (tertiary/aromatic N) is 1. The molecule has 0 saturated heterocycles. The number of benzene rings is 2. The molecule has 0 spiro atoms. The Labute approximate surface area is 152 Å². The molecule has 2 atom stereocenters. The van der Waals surface area contributed by atoms with E-state index in [2.05, 4.69) is 4.72 Å². The molecule has 0 bridgehead atoms. The lowest BCUT2D eigenvalue weighted by Crippen LogP contribution is -2.35. The summed E-state index contributed by atoms with van der Waals surface area (Å²) in [6.07, 6.45) is 0.536. The van der Waals surface area contributed by atoms with Crippen molar-refractivity contribution in [3.63, 3.8) is 0 Å². The van der Waals surface area contributed by atoms with Crippen molar-refractivity contribution < 1.29 is 18.4 Å². The highest BCUT2D eigenvalue weighted by Gasteiger charge is 2.31. The van der Waals surface area contributed by atoms with Crippen LogP contribution in [0.3, 0.4) is 0 Å². The van der Waals surface area contributed by atoms with Gasteiger partial charge in [0.25, 0.3) is 5.69 Å². The zero-order valence-electron chi connectivity index (χ0n) is 14.6. The van der Waals surface area contributed by atoms with Gasteiger partial charge in [0, 0.05) is 18.6 Å². The van der Waals surface area contributed by atoms with Crippen LogP contribution in [0.1, 0.15) is 30.5 Å². The molecule has 8 heteroatoms. The van der Waals surface area contributed by atoms with Gasteiger partial charge in [-0.1, -0.05) is 48.9 Å². The van der Waals surface area contributed by atoms with Crippen LogP contribution in [0.15, 0.2) is 53.4 Å². The number of hydrogen-bond donors (Lipinski definition) is 2. The predicted octanol–water partition coefficient (Wildman–Crippen LogP) is 2.94. The van der Waals surface area contributed by atoms with Crippen molar-refractivity contribution in [3.8, 4) is 0 Å². The number of aryl methyl sites for hydroxylation is 1. The second kappa shape index (κ2) is 8.39. The van der Waals surface area contributed by atoms with E-state index in [-0.39, 0.29) is 12.5 Å². The highest BCUT2D eigenvalue weighted by atomic mass is 32.2. The summed E-state index contributed by atoms with van der Waals surface area (Å²) in [6, 6.07) is 11.8. The summed E-state index contributed by atoms with van der Waals surface area (Å²) in [5.41, 5.74) is 1.23. The molecule has 140 valence electrons. The van der Waals surface area contributed by atoms with Crippen molar-refractivity contribution in [2.75, 3.05) is 6.61 Å². The monoisotopic (exact) mass is 378 g/mol. The number of aliphatic hydroxyl groups is 1. The van der Waals surface area contributed by atoms with Gasteiger partial charge in [0.2, 0.25) is 10.0 Å². The van der Waals surface area contributed by atoms with Crippen LogP contribution in [0, 0.1) is 23.0 Å². The Kier molecular flexibility index (Phi) is 6.47. The van der Waals surface area contributed by atoms with Crippen molar-refractivity contribution in [2.24, 2.45) is 5.92 Å². The van der Waals surface area contributed by atoms with Gasteiger partial charge in [-0.25, -0.2) is 13.1 Å². The van der Waals surface area contributed by atoms with Crippen molar-refractivity contribution in [1.29, 1.82) is 0 Å². The normalized spacial score (nSPS) is 14.0. The number of nitrogens with one attached hydrogen (secondary N) is 1. The van der Waals surface area contributed by atoms with Gasteiger partial charge < -0.3 is 5.11 Å². The van der Waals surface area contributed by atoms with Gasteiger partial charge in [0.1, 0.15) is 0 Å². The zero-order chi connectivity index (χ0) is 19.3. The van der Waals surface area contributed by atoms with Crippen LogP contribution in [0.4, 0.5) is 5.69 Å². The van der Waals surface area contributed by atoms with E-state index in [4.69, 9.17) is 0 Å². The van der Waals surface area contributed by atoms with Crippen LogP contribution >= 0.6 is 0 Å². The average Bonchev–Trinajstić information content (AvgIpc) is 2.62. The van der Waals surface area contributed by atoms with Crippen LogP contribution in [-0.2, 0) is 10.0 Å². The lowest BCUT2D eigenvalue weighted by molar-refractivity contribution is -0.387. The first-order valence-electron chi connectivity index (χ1n) is 8.23. The molecule has 2 N–H and O–H groups in total. The minimum Gasteiger partial charge on any atom is -0.396 e. The lowest BCUT2D eigenvalue weighted by Gasteiger charge is -2.26. The number of para-hydroxylation sites is 1. The molecule has 0 aliphatic heterocycles. The van der Waals surface area contributed by atoms with Crippen LogP contribution in [0.2, 0.25) is 0 Å². The highest BCUT2D eigenvalue weighted by molar-refractivity contribution is 7.89. The summed E-state index contributed by atoms with van der Waals surface area (Å²) < 4.78 is 28.2. The first-order chi connectivity index (χ1) is 12.3. The molecular formula is C18H22N2O5S. The van der Waals surface area contributed by atoms with Crippen LogP contribution < -0.4 is 4.72 Å². The van der Waals surface area contributed by atoms with Crippen molar-refractivity contribution in [1.82, 2.24) is 4.72 Å². The average molecular weight is 378 g/mol. The summed E-state index contributed by atoms with van der Waals surface area (Å²) in [5, 5.41) is 20.9. The van der Waals surface area contributed by atoms with E-state index < -0.39 is 31.6 Å². The fourth-order valence-corrected chi connectivity index (χ4v) is 4.21. The number of nitro groups is 1. The molecule has 2 rings (SSSR count). The summed E-state index contributed by atoms with van der Waals surface area (Å²) in [5.74, 6) is -0.366. The van der Waals surface area contributed by atoms with Gasteiger partial charge in [0.05, 0.1) is 11.0 Å². The SMILES string of the molecule is CC[C@@H](CO)[C@H](NS(=O)(=O)c1ccccc1[N+](=O)[O-])c1ccc(C)cc1. The number of rotatable bonds is 8. The summed E-state index contributed by atoms with van der Waals surface area (Å²) >= 11 is 0. The molecular weight excluding hydrogens is 356 g/mol. The van der Waals surface area contributed by atoms with Crippen molar-refractivity contribution in [3.05, 3.63) is 69.8 Å². The zero-order valence-corrected chi connectivity index (χ0v) is 15.4. The Bertz CT molecular complexity index is 861. The van der Waals surface area contributed by atoms with E-state index in [0.29, 0.717) is 12.0 Å². The third kappa shape index (κ3) is 4.46. The predicted molar refractivity (Wildman–Crippen MR) is 98.2 cm³/mol. The van der Waals surface area contributed by atoms with Gasteiger partial charge in [-0.2, -0.15) is 0 Å². The number of hydrogen-bond acceptors (Lipinski definition) is 5. The minimum atomic E-state index is -4.16. The number of aliphatic hydroxyl groups excluding tert-OH is 1. The van der Waals surface area contributed by atoms with Gasteiger partial charge in [-0.3, -0.25) is 10.1 Å². The third-order valence-corrected chi connectivity index (χ3v) is 5.79. The van der Waals surface area contributed by atoms with Crippen LogP contribution in [0.25, 0.3) is 0 Å². The molecule has 2 aromatic carbocycles.